The highest BCUT2D eigenvalue weighted by Gasteiger charge is 2.69. The summed E-state index contributed by atoms with van der Waals surface area (Å²) in [5, 5.41) is 3.73. The lowest BCUT2D eigenvalue weighted by atomic mass is 9.68. The molecule has 0 unspecified atom stereocenters. The maximum atomic E-state index is 14.0. The number of carbonyl (C=O) groups is 3. The normalized spacial score (nSPS) is 27.6. The van der Waals surface area contributed by atoms with Crippen LogP contribution in [-0.4, -0.2) is 41.7 Å². The second-order valence-corrected chi connectivity index (χ2v) is 14.1. The number of nitrogens with zero attached hydrogens (tertiary/aromatic N) is 1. The van der Waals surface area contributed by atoms with Crippen LogP contribution in [0.4, 0.5) is 11.4 Å². The summed E-state index contributed by atoms with van der Waals surface area (Å²) in [4.78, 5) is 58.5. The number of thioether (sulfide) groups is 1. The first-order valence-corrected chi connectivity index (χ1v) is 16.6. The molecule has 3 heterocycles. The van der Waals surface area contributed by atoms with Crippen LogP contribution in [-0.2, 0) is 14.4 Å². The number of fused-ring (bicyclic) bond motifs is 9. The van der Waals surface area contributed by atoms with Gasteiger partial charge in [0.05, 0.1) is 29.7 Å². The molecule has 11 heteroatoms. The van der Waals surface area contributed by atoms with Crippen LogP contribution < -0.4 is 24.6 Å². The van der Waals surface area contributed by atoms with Gasteiger partial charge in [0.15, 0.2) is 6.61 Å². The van der Waals surface area contributed by atoms with Crippen LogP contribution in [0.3, 0.4) is 0 Å². The zero-order valence-corrected chi connectivity index (χ0v) is 25.8. The number of carbonyl (C=O) groups excluding carboxylic acids is 3. The molecule has 4 aliphatic rings. The van der Waals surface area contributed by atoms with Gasteiger partial charge in [-0.1, -0.05) is 47.7 Å². The first-order chi connectivity index (χ1) is 21.9. The molecule has 228 valence electrons. The van der Waals surface area contributed by atoms with E-state index in [1.54, 1.807) is 43.1 Å². The number of aromatic amines is 1. The molecule has 45 heavy (non-hydrogen) atoms. The Balaban J connectivity index is 1.11. The van der Waals surface area contributed by atoms with Gasteiger partial charge in [0.25, 0.3) is 5.91 Å². The maximum absolute atomic E-state index is 14.0. The van der Waals surface area contributed by atoms with Crippen molar-refractivity contribution in [3.8, 4) is 11.5 Å². The SMILES string of the molecule is COc1ccc(NC(=O)COc2ccccc2[C@@H]2c3sc(=O)[nH]c3S[C@@H]3[C@@H]4C[C@@H]([C@@H]5C(=O)N(c6ccccc6)C(=O)[C@@H]45)[C@H]23)cc1. The zero-order chi connectivity index (χ0) is 30.8. The number of anilines is 2. The summed E-state index contributed by atoms with van der Waals surface area (Å²) in [5.74, 6) is -0.268. The average molecular weight is 640 g/mol. The highest BCUT2D eigenvalue weighted by atomic mass is 32.2. The number of rotatable bonds is 7. The van der Waals surface area contributed by atoms with Crippen molar-refractivity contribution in [1.82, 2.24) is 4.98 Å². The summed E-state index contributed by atoms with van der Waals surface area (Å²) < 4.78 is 11.4. The number of nitrogens with one attached hydrogen (secondary N) is 2. The summed E-state index contributed by atoms with van der Waals surface area (Å²) in [5.41, 5.74) is 2.12. The number of para-hydroxylation sites is 2. The second kappa shape index (κ2) is 10.9. The number of imide groups is 1. The van der Waals surface area contributed by atoms with Crippen molar-refractivity contribution < 1.29 is 23.9 Å². The van der Waals surface area contributed by atoms with E-state index in [0.717, 1.165) is 21.9 Å². The molecule has 2 bridgehead atoms. The fourth-order valence-corrected chi connectivity index (χ4v) is 11.0. The fourth-order valence-electron chi connectivity index (χ4n) is 8.08. The smallest absolute Gasteiger partial charge is 0.305 e. The lowest BCUT2D eigenvalue weighted by Crippen LogP contribution is -2.42. The van der Waals surface area contributed by atoms with E-state index in [9.17, 15) is 19.2 Å². The highest BCUT2D eigenvalue weighted by molar-refractivity contribution is 8.00. The van der Waals surface area contributed by atoms with Crippen molar-refractivity contribution in [3.63, 3.8) is 0 Å². The molecule has 1 aromatic heterocycles. The monoisotopic (exact) mass is 639 g/mol. The van der Waals surface area contributed by atoms with Gasteiger partial charge in [-0.3, -0.25) is 24.1 Å². The number of methoxy groups -OCH3 is 1. The van der Waals surface area contributed by atoms with Gasteiger partial charge in [0, 0.05) is 27.3 Å². The van der Waals surface area contributed by atoms with Gasteiger partial charge in [0.2, 0.25) is 11.8 Å². The molecule has 7 atom stereocenters. The van der Waals surface area contributed by atoms with Crippen LogP contribution in [0.25, 0.3) is 0 Å². The number of hydrogen-bond donors (Lipinski definition) is 2. The van der Waals surface area contributed by atoms with Crippen molar-refractivity contribution in [2.75, 3.05) is 23.9 Å². The van der Waals surface area contributed by atoms with Crippen molar-refractivity contribution in [3.05, 3.63) is 99.0 Å². The molecular formula is C34H29N3O6S2. The Kier molecular flexibility index (Phi) is 6.83. The van der Waals surface area contributed by atoms with Gasteiger partial charge in [-0.25, -0.2) is 0 Å². The number of ether oxygens (including phenoxy) is 2. The van der Waals surface area contributed by atoms with Gasteiger partial charge < -0.3 is 19.8 Å². The third kappa shape index (κ3) is 4.51. The summed E-state index contributed by atoms with van der Waals surface area (Å²) in [7, 11) is 1.58. The molecule has 2 aliphatic carbocycles. The third-order valence-corrected chi connectivity index (χ3v) is 12.3. The standard InChI is InChI=1S/C34H29N3O6S2/c1-42-19-13-11-17(12-14-19)35-24(38)16-43-23-10-6-5-9-20(23)25-26-21-15-22(29(26)44-31-30(25)45-34(41)36-31)28-27(21)32(39)37(33(28)40)18-7-3-2-4-8-18/h2-14,21-22,25-29H,15-16H2,1H3,(H,35,38)(H,36,41)/t21-,22-,25+,26-,27+,28+,29-/m1/s1. The lowest BCUT2D eigenvalue weighted by Gasteiger charge is -2.43. The average Bonchev–Trinajstić information content (AvgIpc) is 3.79. The van der Waals surface area contributed by atoms with E-state index in [-0.39, 0.29) is 64.0 Å². The van der Waals surface area contributed by atoms with Crippen LogP contribution in [0.1, 0.15) is 22.8 Å². The Morgan fingerprint density at radius 1 is 0.933 bits per heavy atom. The molecule has 3 aromatic carbocycles. The topological polar surface area (TPSA) is 118 Å². The maximum Gasteiger partial charge on any atom is 0.305 e. The summed E-state index contributed by atoms with van der Waals surface area (Å²) >= 11 is 2.84. The molecule has 3 fully saturated rings. The highest BCUT2D eigenvalue weighted by Crippen LogP contribution is 2.69. The molecule has 1 saturated heterocycles. The fraction of sp³-hybridized carbons (Fsp3) is 0.294. The minimum absolute atomic E-state index is 0.0163. The minimum atomic E-state index is -0.396. The molecule has 0 radical (unpaired) electrons. The van der Waals surface area contributed by atoms with Crippen LogP contribution in [0.5, 0.6) is 11.5 Å². The number of thiazole rings is 1. The van der Waals surface area contributed by atoms with Gasteiger partial charge in [-0.05, 0) is 66.6 Å². The Bertz CT molecular complexity index is 1870. The number of H-pyrrole nitrogens is 1. The van der Waals surface area contributed by atoms with E-state index < -0.39 is 5.92 Å². The Morgan fingerprint density at radius 3 is 2.40 bits per heavy atom. The zero-order valence-electron chi connectivity index (χ0n) is 24.2. The molecular weight excluding hydrogens is 611 g/mol. The number of hydrogen-bond acceptors (Lipinski definition) is 8. The van der Waals surface area contributed by atoms with E-state index in [1.165, 1.54) is 16.2 Å². The number of benzene rings is 3. The van der Waals surface area contributed by atoms with Crippen LogP contribution in [0.2, 0.25) is 0 Å². The minimum Gasteiger partial charge on any atom is -0.497 e. The lowest BCUT2D eigenvalue weighted by molar-refractivity contribution is -0.123. The summed E-state index contributed by atoms with van der Waals surface area (Å²) in [6.45, 7) is -0.204. The number of amides is 3. The third-order valence-electron chi connectivity index (χ3n) is 9.72. The van der Waals surface area contributed by atoms with Crippen molar-refractivity contribution >= 4 is 52.2 Å². The van der Waals surface area contributed by atoms with Crippen LogP contribution >= 0.6 is 23.1 Å². The molecule has 4 aromatic rings. The Morgan fingerprint density at radius 2 is 1.64 bits per heavy atom. The summed E-state index contributed by atoms with van der Waals surface area (Å²) in [6.07, 6.45) is 0.792. The Hall–Kier alpha value is -4.35. The quantitative estimate of drug-likeness (QED) is 0.269. The van der Waals surface area contributed by atoms with Gasteiger partial charge in [-0.2, -0.15) is 0 Å². The second-order valence-electron chi connectivity index (χ2n) is 11.9. The van der Waals surface area contributed by atoms with Crippen LogP contribution in [0.15, 0.2) is 88.7 Å². The van der Waals surface area contributed by atoms with E-state index in [2.05, 4.69) is 10.3 Å². The summed E-state index contributed by atoms with van der Waals surface area (Å²) in [6, 6.07) is 23.9. The van der Waals surface area contributed by atoms with Gasteiger partial charge in [0.1, 0.15) is 11.5 Å². The molecule has 0 spiro atoms. The van der Waals surface area contributed by atoms with Gasteiger partial charge in [-0.15, -0.1) is 11.8 Å². The molecule has 2 aliphatic heterocycles. The molecule has 3 amide bonds. The van der Waals surface area contributed by atoms with Gasteiger partial charge >= 0.3 is 4.87 Å². The van der Waals surface area contributed by atoms with Crippen LogP contribution in [0, 0.1) is 29.6 Å². The van der Waals surface area contributed by atoms with Crippen molar-refractivity contribution in [1.29, 1.82) is 0 Å². The predicted octanol–water partition coefficient (Wildman–Crippen LogP) is 5.14. The number of aromatic nitrogens is 1. The molecule has 2 N–H and O–H groups in total. The largest absolute Gasteiger partial charge is 0.497 e. The predicted molar refractivity (Wildman–Crippen MR) is 171 cm³/mol. The first kappa shape index (κ1) is 28.1. The van der Waals surface area contributed by atoms with E-state index >= 15 is 0 Å². The van der Waals surface area contributed by atoms with Crippen molar-refractivity contribution in [2.24, 2.45) is 29.6 Å². The van der Waals surface area contributed by atoms with E-state index in [4.69, 9.17) is 9.47 Å². The molecule has 9 nitrogen and oxygen atoms in total. The van der Waals surface area contributed by atoms with Crippen molar-refractivity contribution in [2.45, 2.75) is 22.6 Å². The first-order valence-electron chi connectivity index (χ1n) is 14.9. The Labute approximate surface area is 266 Å². The van der Waals surface area contributed by atoms with E-state index in [0.29, 0.717) is 22.9 Å². The molecule has 8 rings (SSSR count). The molecule has 2 saturated carbocycles. The van der Waals surface area contributed by atoms with E-state index in [1.807, 2.05) is 54.6 Å².